The van der Waals surface area contributed by atoms with Gasteiger partial charge in [0.1, 0.15) is 11.4 Å². The van der Waals surface area contributed by atoms with Gasteiger partial charge in [-0.3, -0.25) is 19.5 Å². The summed E-state index contributed by atoms with van der Waals surface area (Å²) >= 11 is 7.19. The van der Waals surface area contributed by atoms with Crippen molar-refractivity contribution in [3.63, 3.8) is 0 Å². The molecule has 0 aliphatic rings. The van der Waals surface area contributed by atoms with Gasteiger partial charge in [-0.15, -0.1) is 10.2 Å². The van der Waals surface area contributed by atoms with Crippen LogP contribution in [-0.4, -0.2) is 31.3 Å². The van der Waals surface area contributed by atoms with Crippen molar-refractivity contribution in [2.24, 2.45) is 0 Å². The lowest BCUT2D eigenvalue weighted by molar-refractivity contribution is -0.384. The lowest BCUT2D eigenvalue weighted by Crippen LogP contribution is -2.17. The number of rotatable bonds is 8. The molecule has 2 aromatic carbocycles. The highest BCUT2D eigenvalue weighted by atomic mass is 35.5. The van der Waals surface area contributed by atoms with Crippen LogP contribution in [0, 0.1) is 24.0 Å². The Kier molecular flexibility index (Phi) is 6.99. The molecule has 1 N–H and O–H groups in total. The fourth-order valence-electron chi connectivity index (χ4n) is 3.33. The maximum atomic E-state index is 12.7. The Morgan fingerprint density at radius 1 is 1.18 bits per heavy atom. The van der Waals surface area contributed by atoms with Gasteiger partial charge in [0, 0.05) is 16.7 Å². The van der Waals surface area contributed by atoms with Crippen molar-refractivity contribution in [3.05, 3.63) is 86.8 Å². The van der Waals surface area contributed by atoms with Gasteiger partial charge < -0.3 is 9.73 Å². The number of carbonyl (C=O) groups excluding carboxylic acids is 1. The van der Waals surface area contributed by atoms with E-state index >= 15 is 0 Å². The maximum absolute atomic E-state index is 12.7. The molecule has 1 amide bonds. The second-order valence-electron chi connectivity index (χ2n) is 7.47. The van der Waals surface area contributed by atoms with Crippen LogP contribution in [0.4, 0.5) is 11.4 Å². The summed E-state index contributed by atoms with van der Waals surface area (Å²) in [6.07, 6.45) is 1.58. The molecule has 0 saturated carbocycles. The second-order valence-corrected chi connectivity index (χ2v) is 8.85. The molecule has 2 heterocycles. The molecule has 0 radical (unpaired) electrons. The standard InChI is InChI=1S/C23H20ClN5O4S/c1-14-5-10-19(29(31)32)21(15(14)2)25-20(30)13-34-23-27-26-22(16-6-8-17(24)9-7-16)28(23)12-18-4-3-11-33-18/h3-11H,12-13H2,1-2H3,(H,25,30). The number of aryl methyl sites for hydroxylation is 1. The quantitative estimate of drug-likeness (QED) is 0.194. The minimum atomic E-state index is -0.506. The van der Waals surface area contributed by atoms with Gasteiger partial charge in [-0.25, -0.2) is 0 Å². The van der Waals surface area contributed by atoms with E-state index in [4.69, 9.17) is 16.0 Å². The van der Waals surface area contributed by atoms with Crippen LogP contribution in [-0.2, 0) is 11.3 Å². The smallest absolute Gasteiger partial charge is 0.293 e. The molecular weight excluding hydrogens is 478 g/mol. The zero-order chi connectivity index (χ0) is 24.2. The van der Waals surface area contributed by atoms with Crippen LogP contribution in [0.5, 0.6) is 0 Å². The summed E-state index contributed by atoms with van der Waals surface area (Å²) in [7, 11) is 0. The number of benzene rings is 2. The number of nitro groups is 1. The summed E-state index contributed by atoms with van der Waals surface area (Å²) in [4.78, 5) is 23.6. The molecule has 0 fully saturated rings. The minimum absolute atomic E-state index is 0.0125. The van der Waals surface area contributed by atoms with E-state index < -0.39 is 4.92 Å². The number of anilines is 1. The summed E-state index contributed by atoms with van der Waals surface area (Å²) in [6, 6.07) is 13.9. The summed E-state index contributed by atoms with van der Waals surface area (Å²) in [5.41, 5.74) is 2.37. The Bertz CT molecular complexity index is 1340. The molecule has 0 spiro atoms. The lowest BCUT2D eigenvalue weighted by atomic mass is 10.1. The third kappa shape index (κ3) is 5.13. The van der Waals surface area contributed by atoms with Crippen molar-refractivity contribution >= 4 is 40.6 Å². The number of hydrogen-bond acceptors (Lipinski definition) is 7. The number of thioether (sulfide) groups is 1. The Labute approximate surface area is 204 Å². The first kappa shape index (κ1) is 23.5. The Hall–Kier alpha value is -3.63. The van der Waals surface area contributed by atoms with Crippen molar-refractivity contribution in [3.8, 4) is 11.4 Å². The molecule has 2 aromatic heterocycles. The molecule has 11 heteroatoms. The monoisotopic (exact) mass is 497 g/mol. The molecule has 0 saturated heterocycles. The normalized spacial score (nSPS) is 10.9. The van der Waals surface area contributed by atoms with Gasteiger partial charge >= 0.3 is 0 Å². The highest BCUT2D eigenvalue weighted by Gasteiger charge is 2.21. The zero-order valence-electron chi connectivity index (χ0n) is 18.3. The predicted molar refractivity (Wildman–Crippen MR) is 130 cm³/mol. The summed E-state index contributed by atoms with van der Waals surface area (Å²) < 4.78 is 7.33. The molecule has 9 nitrogen and oxygen atoms in total. The molecule has 174 valence electrons. The first-order chi connectivity index (χ1) is 16.3. The Balaban J connectivity index is 1.56. The third-order valence-electron chi connectivity index (χ3n) is 5.22. The van der Waals surface area contributed by atoms with Crippen LogP contribution in [0.3, 0.4) is 0 Å². The van der Waals surface area contributed by atoms with Crippen LogP contribution in [0.15, 0.2) is 64.4 Å². The van der Waals surface area contributed by atoms with Crippen molar-refractivity contribution in [1.82, 2.24) is 14.8 Å². The molecule has 0 atom stereocenters. The van der Waals surface area contributed by atoms with E-state index in [9.17, 15) is 14.9 Å². The van der Waals surface area contributed by atoms with Crippen LogP contribution in [0.25, 0.3) is 11.4 Å². The number of aromatic nitrogens is 3. The largest absolute Gasteiger partial charge is 0.467 e. The third-order valence-corrected chi connectivity index (χ3v) is 6.44. The van der Waals surface area contributed by atoms with Crippen molar-refractivity contribution in [1.29, 1.82) is 0 Å². The number of nitrogens with zero attached hydrogens (tertiary/aromatic N) is 4. The second kappa shape index (κ2) is 10.1. The topological polar surface area (TPSA) is 116 Å². The summed E-state index contributed by atoms with van der Waals surface area (Å²) in [6.45, 7) is 3.94. The first-order valence-corrected chi connectivity index (χ1v) is 11.6. The number of amides is 1. The van der Waals surface area contributed by atoms with E-state index in [0.29, 0.717) is 33.9 Å². The van der Waals surface area contributed by atoms with Crippen LogP contribution >= 0.6 is 23.4 Å². The maximum Gasteiger partial charge on any atom is 0.293 e. The summed E-state index contributed by atoms with van der Waals surface area (Å²) in [5, 5.41) is 23.8. The Morgan fingerprint density at radius 3 is 2.62 bits per heavy atom. The molecule has 0 bridgehead atoms. The molecule has 0 unspecified atom stereocenters. The highest BCUT2D eigenvalue weighted by molar-refractivity contribution is 7.99. The zero-order valence-corrected chi connectivity index (χ0v) is 19.9. The van der Waals surface area contributed by atoms with E-state index in [2.05, 4.69) is 15.5 Å². The number of nitro benzene ring substituents is 1. The van der Waals surface area contributed by atoms with Gasteiger partial charge in [0.15, 0.2) is 11.0 Å². The van der Waals surface area contributed by atoms with E-state index in [-0.39, 0.29) is 23.0 Å². The van der Waals surface area contributed by atoms with E-state index in [1.54, 1.807) is 37.5 Å². The van der Waals surface area contributed by atoms with Crippen molar-refractivity contribution in [2.45, 2.75) is 25.5 Å². The van der Waals surface area contributed by atoms with Gasteiger partial charge in [0.05, 0.1) is 23.5 Å². The highest BCUT2D eigenvalue weighted by Crippen LogP contribution is 2.31. The van der Waals surface area contributed by atoms with Crippen LogP contribution in [0.2, 0.25) is 5.02 Å². The number of halogens is 1. The van der Waals surface area contributed by atoms with E-state index in [0.717, 1.165) is 11.1 Å². The fourth-order valence-corrected chi connectivity index (χ4v) is 4.19. The average Bonchev–Trinajstić information content (AvgIpc) is 3.46. The predicted octanol–water partition coefficient (Wildman–Crippen LogP) is 5.50. The fraction of sp³-hybridized carbons (Fsp3) is 0.174. The SMILES string of the molecule is Cc1ccc([N+](=O)[O-])c(NC(=O)CSc2nnc(-c3ccc(Cl)cc3)n2Cc2ccco2)c1C. The van der Waals surface area contributed by atoms with Gasteiger partial charge in [0.25, 0.3) is 5.69 Å². The number of furan rings is 1. The molecule has 0 aliphatic carbocycles. The van der Waals surface area contributed by atoms with Gasteiger partial charge in [-0.1, -0.05) is 29.4 Å². The first-order valence-electron chi connectivity index (χ1n) is 10.2. The molecule has 4 aromatic rings. The van der Waals surface area contributed by atoms with Crippen LogP contribution in [0.1, 0.15) is 16.9 Å². The van der Waals surface area contributed by atoms with Crippen LogP contribution < -0.4 is 5.32 Å². The van der Waals surface area contributed by atoms with Gasteiger partial charge in [-0.05, 0) is 61.4 Å². The molecule has 4 rings (SSSR count). The van der Waals surface area contributed by atoms with Gasteiger partial charge in [0.2, 0.25) is 5.91 Å². The average molecular weight is 498 g/mol. The molecule has 0 aliphatic heterocycles. The van der Waals surface area contributed by atoms with Crippen molar-refractivity contribution < 1.29 is 14.1 Å². The van der Waals surface area contributed by atoms with E-state index in [1.165, 1.54) is 17.8 Å². The Morgan fingerprint density at radius 2 is 1.94 bits per heavy atom. The molecular formula is C23H20ClN5O4S. The van der Waals surface area contributed by atoms with Gasteiger partial charge in [-0.2, -0.15) is 0 Å². The summed E-state index contributed by atoms with van der Waals surface area (Å²) in [5.74, 6) is 0.900. The van der Waals surface area contributed by atoms with Crippen molar-refractivity contribution in [2.75, 3.05) is 11.1 Å². The number of nitrogens with one attached hydrogen (secondary N) is 1. The lowest BCUT2D eigenvalue weighted by Gasteiger charge is -2.11. The molecule has 34 heavy (non-hydrogen) atoms. The minimum Gasteiger partial charge on any atom is -0.467 e. The number of carbonyl (C=O) groups is 1. The number of hydrogen-bond donors (Lipinski definition) is 1. The van der Waals surface area contributed by atoms with E-state index in [1.807, 2.05) is 29.7 Å².